The molecule has 1 heterocycles. The Morgan fingerprint density at radius 1 is 1.37 bits per heavy atom. The maximum Gasteiger partial charge on any atom is 0.244 e. The standard InChI is InChI=1S/C13H13N5O/c1-9-3-10(2)5-11(4-9)16-13(19)7-18-8-15-17-12(18)6-14/h3-5,8H,7H2,1-2H3,(H,16,19). The predicted molar refractivity (Wildman–Crippen MR) is 69.3 cm³/mol. The number of nitrogens with one attached hydrogen (secondary N) is 1. The average Bonchev–Trinajstić information content (AvgIpc) is 2.74. The zero-order valence-electron chi connectivity index (χ0n) is 10.7. The molecule has 0 saturated heterocycles. The second-order valence-electron chi connectivity index (χ2n) is 4.32. The summed E-state index contributed by atoms with van der Waals surface area (Å²) in [6, 6.07) is 7.69. The molecule has 2 aromatic rings. The summed E-state index contributed by atoms with van der Waals surface area (Å²) in [4.78, 5) is 11.9. The van der Waals surface area contributed by atoms with Crippen molar-refractivity contribution in [1.82, 2.24) is 14.8 Å². The van der Waals surface area contributed by atoms with Gasteiger partial charge in [0.25, 0.3) is 0 Å². The summed E-state index contributed by atoms with van der Waals surface area (Å²) >= 11 is 0. The number of carbonyl (C=O) groups is 1. The quantitative estimate of drug-likeness (QED) is 0.898. The Kier molecular flexibility index (Phi) is 3.57. The Bertz CT molecular complexity index is 633. The highest BCUT2D eigenvalue weighted by molar-refractivity contribution is 5.90. The second-order valence-corrected chi connectivity index (χ2v) is 4.32. The van der Waals surface area contributed by atoms with Crippen molar-refractivity contribution in [3.05, 3.63) is 41.5 Å². The highest BCUT2D eigenvalue weighted by atomic mass is 16.1. The first-order chi connectivity index (χ1) is 9.08. The molecule has 0 bridgehead atoms. The van der Waals surface area contributed by atoms with E-state index in [0.717, 1.165) is 16.8 Å². The first-order valence-corrected chi connectivity index (χ1v) is 5.74. The van der Waals surface area contributed by atoms with E-state index in [1.54, 1.807) is 0 Å². The number of rotatable bonds is 3. The molecule has 0 saturated carbocycles. The van der Waals surface area contributed by atoms with Gasteiger partial charge in [-0.25, -0.2) is 0 Å². The van der Waals surface area contributed by atoms with Crippen LogP contribution in [0.5, 0.6) is 0 Å². The number of benzene rings is 1. The maximum absolute atomic E-state index is 11.9. The van der Waals surface area contributed by atoms with Crippen LogP contribution in [-0.2, 0) is 11.3 Å². The summed E-state index contributed by atoms with van der Waals surface area (Å²) in [7, 11) is 0. The molecule has 0 unspecified atom stereocenters. The molecule has 0 spiro atoms. The topological polar surface area (TPSA) is 83.6 Å². The number of aromatic nitrogens is 3. The van der Waals surface area contributed by atoms with E-state index >= 15 is 0 Å². The first kappa shape index (κ1) is 12.8. The van der Waals surface area contributed by atoms with Gasteiger partial charge in [0.05, 0.1) is 0 Å². The second kappa shape index (κ2) is 5.31. The molecule has 2 rings (SSSR count). The summed E-state index contributed by atoms with van der Waals surface area (Å²) in [5, 5.41) is 18.8. The number of nitrogens with zero attached hydrogens (tertiary/aromatic N) is 4. The lowest BCUT2D eigenvalue weighted by molar-refractivity contribution is -0.116. The highest BCUT2D eigenvalue weighted by Crippen LogP contribution is 2.13. The molecule has 1 aromatic carbocycles. The molecule has 6 nitrogen and oxygen atoms in total. The van der Waals surface area contributed by atoms with Crippen molar-refractivity contribution in [2.45, 2.75) is 20.4 Å². The fourth-order valence-electron chi connectivity index (χ4n) is 1.86. The minimum absolute atomic E-state index is 0.0167. The van der Waals surface area contributed by atoms with Crippen LogP contribution in [0.25, 0.3) is 0 Å². The third-order valence-corrected chi connectivity index (χ3v) is 2.53. The van der Waals surface area contributed by atoms with Gasteiger partial charge in [-0.15, -0.1) is 10.2 Å². The van der Waals surface area contributed by atoms with Crippen molar-refractivity contribution in [3.8, 4) is 6.07 Å². The van der Waals surface area contributed by atoms with Crippen LogP contribution >= 0.6 is 0 Å². The van der Waals surface area contributed by atoms with E-state index in [0.29, 0.717) is 0 Å². The van der Waals surface area contributed by atoms with Gasteiger partial charge in [0, 0.05) is 5.69 Å². The molecular weight excluding hydrogens is 242 g/mol. The van der Waals surface area contributed by atoms with Gasteiger partial charge in [0.1, 0.15) is 18.9 Å². The average molecular weight is 255 g/mol. The van der Waals surface area contributed by atoms with Gasteiger partial charge in [-0.1, -0.05) is 6.07 Å². The number of hydrogen-bond acceptors (Lipinski definition) is 4. The molecule has 0 fully saturated rings. The number of aryl methyl sites for hydroxylation is 2. The van der Waals surface area contributed by atoms with Gasteiger partial charge >= 0.3 is 0 Å². The van der Waals surface area contributed by atoms with Crippen LogP contribution in [0.15, 0.2) is 24.5 Å². The fourth-order valence-corrected chi connectivity index (χ4v) is 1.86. The minimum Gasteiger partial charge on any atom is -0.325 e. The summed E-state index contributed by atoms with van der Waals surface area (Å²) < 4.78 is 1.40. The van der Waals surface area contributed by atoms with Crippen molar-refractivity contribution in [3.63, 3.8) is 0 Å². The zero-order valence-corrected chi connectivity index (χ0v) is 10.7. The zero-order chi connectivity index (χ0) is 13.8. The van der Waals surface area contributed by atoms with E-state index in [-0.39, 0.29) is 18.3 Å². The fraction of sp³-hybridized carbons (Fsp3) is 0.231. The van der Waals surface area contributed by atoms with E-state index in [2.05, 4.69) is 15.5 Å². The van der Waals surface area contributed by atoms with Gasteiger partial charge < -0.3 is 5.32 Å². The molecule has 6 heteroatoms. The third kappa shape index (κ3) is 3.16. The lowest BCUT2D eigenvalue weighted by Gasteiger charge is -2.08. The SMILES string of the molecule is Cc1cc(C)cc(NC(=O)Cn2cnnc2C#N)c1. The van der Waals surface area contributed by atoms with Crippen molar-refractivity contribution >= 4 is 11.6 Å². The number of hydrogen-bond donors (Lipinski definition) is 1. The molecule has 96 valence electrons. The van der Waals surface area contributed by atoms with E-state index < -0.39 is 0 Å². The number of carbonyl (C=O) groups excluding carboxylic acids is 1. The molecule has 0 aliphatic carbocycles. The number of amides is 1. The molecule has 0 aliphatic rings. The van der Waals surface area contributed by atoms with E-state index in [1.165, 1.54) is 10.9 Å². The first-order valence-electron chi connectivity index (χ1n) is 5.74. The van der Waals surface area contributed by atoms with Crippen LogP contribution in [0.3, 0.4) is 0 Å². The van der Waals surface area contributed by atoms with Crippen LogP contribution in [0.4, 0.5) is 5.69 Å². The lowest BCUT2D eigenvalue weighted by Crippen LogP contribution is -2.19. The van der Waals surface area contributed by atoms with Crippen LogP contribution in [-0.4, -0.2) is 20.7 Å². The van der Waals surface area contributed by atoms with E-state index in [1.807, 2.05) is 38.1 Å². The summed E-state index contributed by atoms with van der Waals surface area (Å²) in [6.45, 7) is 3.95. The van der Waals surface area contributed by atoms with Gasteiger partial charge in [0.15, 0.2) is 0 Å². The summed E-state index contributed by atoms with van der Waals surface area (Å²) in [5.74, 6) is -0.100. The number of nitriles is 1. The van der Waals surface area contributed by atoms with E-state index in [9.17, 15) is 4.79 Å². The van der Waals surface area contributed by atoms with Crippen LogP contribution in [0, 0.1) is 25.2 Å². The van der Waals surface area contributed by atoms with E-state index in [4.69, 9.17) is 5.26 Å². The summed E-state index contributed by atoms with van der Waals surface area (Å²) in [5.41, 5.74) is 2.91. The van der Waals surface area contributed by atoms with Crippen molar-refractivity contribution in [1.29, 1.82) is 5.26 Å². The minimum atomic E-state index is -0.221. The largest absolute Gasteiger partial charge is 0.325 e. The van der Waals surface area contributed by atoms with Gasteiger partial charge in [-0.2, -0.15) is 5.26 Å². The van der Waals surface area contributed by atoms with Crippen LogP contribution < -0.4 is 5.32 Å². The highest BCUT2D eigenvalue weighted by Gasteiger charge is 2.08. The molecule has 1 amide bonds. The normalized spacial score (nSPS) is 9.95. The van der Waals surface area contributed by atoms with Crippen LogP contribution in [0.2, 0.25) is 0 Å². The Morgan fingerprint density at radius 2 is 2.05 bits per heavy atom. The molecule has 0 aliphatic heterocycles. The monoisotopic (exact) mass is 255 g/mol. The molecule has 0 radical (unpaired) electrons. The molecular formula is C13H13N5O. The smallest absolute Gasteiger partial charge is 0.244 e. The molecule has 0 atom stereocenters. The Morgan fingerprint density at radius 3 is 2.68 bits per heavy atom. The van der Waals surface area contributed by atoms with Gasteiger partial charge in [-0.05, 0) is 37.1 Å². The third-order valence-electron chi connectivity index (χ3n) is 2.53. The molecule has 19 heavy (non-hydrogen) atoms. The maximum atomic E-state index is 11.9. The molecule has 1 N–H and O–H groups in total. The molecule has 1 aromatic heterocycles. The van der Waals surface area contributed by atoms with Crippen molar-refractivity contribution < 1.29 is 4.79 Å². The lowest BCUT2D eigenvalue weighted by atomic mass is 10.1. The van der Waals surface area contributed by atoms with Gasteiger partial charge in [-0.3, -0.25) is 9.36 Å². The Hall–Kier alpha value is -2.68. The Balaban J connectivity index is 2.08. The van der Waals surface area contributed by atoms with Crippen molar-refractivity contribution in [2.24, 2.45) is 0 Å². The number of anilines is 1. The summed E-state index contributed by atoms with van der Waals surface area (Å²) in [6.07, 6.45) is 1.36. The van der Waals surface area contributed by atoms with Crippen LogP contribution in [0.1, 0.15) is 17.0 Å². The predicted octanol–water partition coefficient (Wildman–Crippen LogP) is 1.41. The Labute approximate surface area is 110 Å². The van der Waals surface area contributed by atoms with Gasteiger partial charge in [0.2, 0.25) is 11.7 Å². The van der Waals surface area contributed by atoms with Crippen molar-refractivity contribution in [2.75, 3.05) is 5.32 Å².